The van der Waals surface area contributed by atoms with E-state index in [1.807, 2.05) is 41.5 Å². The number of carbonyl (C=O) groups is 4. The van der Waals surface area contributed by atoms with Gasteiger partial charge in [-0.2, -0.15) is 0 Å². The van der Waals surface area contributed by atoms with E-state index in [0.29, 0.717) is 62.2 Å². The largest absolute Gasteiger partial charge is 0.481 e. The molecular formula is C36H62N4O7. The number of rotatable bonds is 5. The van der Waals surface area contributed by atoms with Crippen molar-refractivity contribution in [2.75, 3.05) is 26.2 Å². The molecule has 3 heterocycles. The molecule has 3 saturated heterocycles. The highest BCUT2D eigenvalue weighted by Gasteiger charge is 2.44. The zero-order chi connectivity index (χ0) is 34.4. The molecule has 11 nitrogen and oxygen atoms in total. The van der Waals surface area contributed by atoms with Gasteiger partial charge in [0, 0.05) is 63.2 Å². The highest BCUT2D eigenvalue weighted by atomic mass is 16.6. The van der Waals surface area contributed by atoms with Crippen molar-refractivity contribution >= 4 is 24.1 Å². The number of carbonyl (C=O) groups excluding carboxylic acids is 3. The van der Waals surface area contributed by atoms with E-state index in [4.69, 9.17) is 14.6 Å². The summed E-state index contributed by atoms with van der Waals surface area (Å²) < 4.78 is 10.9. The zero-order valence-corrected chi connectivity index (χ0v) is 29.9. The predicted octanol–water partition coefficient (Wildman–Crippen LogP) is 6.19. The number of hydrogen-bond acceptors (Lipinski definition) is 7. The monoisotopic (exact) mass is 662 g/mol. The number of amides is 3. The van der Waals surface area contributed by atoms with E-state index in [2.05, 4.69) is 10.2 Å². The van der Waals surface area contributed by atoms with Crippen LogP contribution in [0.5, 0.6) is 0 Å². The number of carboxylic acids is 1. The number of fused-ring (bicyclic) bond motifs is 1. The average Bonchev–Trinajstić information content (AvgIpc) is 3.32. The van der Waals surface area contributed by atoms with E-state index in [1.165, 1.54) is 32.1 Å². The van der Waals surface area contributed by atoms with Gasteiger partial charge in [-0.3, -0.25) is 9.59 Å². The van der Waals surface area contributed by atoms with Gasteiger partial charge in [-0.25, -0.2) is 9.59 Å². The van der Waals surface area contributed by atoms with Crippen LogP contribution in [0.4, 0.5) is 9.59 Å². The first-order valence-electron chi connectivity index (χ1n) is 18.3. The van der Waals surface area contributed by atoms with Crippen LogP contribution in [0.15, 0.2) is 0 Å². The molecule has 0 aromatic carbocycles. The lowest BCUT2D eigenvalue weighted by Crippen LogP contribution is -2.51. The molecule has 5 fully saturated rings. The van der Waals surface area contributed by atoms with Gasteiger partial charge in [0.25, 0.3) is 0 Å². The number of carboxylic acid groups (broad SMARTS) is 1. The fourth-order valence-electron chi connectivity index (χ4n) is 8.19. The van der Waals surface area contributed by atoms with Crippen molar-refractivity contribution in [2.24, 2.45) is 11.8 Å². The molecule has 0 aromatic rings. The predicted molar refractivity (Wildman–Crippen MR) is 180 cm³/mol. The van der Waals surface area contributed by atoms with E-state index >= 15 is 0 Å². The molecular weight excluding hydrogens is 600 g/mol. The van der Waals surface area contributed by atoms with Gasteiger partial charge in [0.15, 0.2) is 0 Å². The number of aliphatic carboxylic acids is 1. The minimum Gasteiger partial charge on any atom is -0.481 e. The van der Waals surface area contributed by atoms with Gasteiger partial charge < -0.3 is 34.6 Å². The third-order valence-electron chi connectivity index (χ3n) is 10.4. The van der Waals surface area contributed by atoms with Gasteiger partial charge in [0.1, 0.15) is 11.2 Å². The molecule has 2 saturated carbocycles. The van der Waals surface area contributed by atoms with Gasteiger partial charge in [-0.15, -0.1) is 0 Å². The van der Waals surface area contributed by atoms with Crippen LogP contribution in [0.2, 0.25) is 0 Å². The Labute approximate surface area is 282 Å². The van der Waals surface area contributed by atoms with Crippen LogP contribution in [0.3, 0.4) is 0 Å². The summed E-state index contributed by atoms with van der Waals surface area (Å²) in [4.78, 5) is 53.5. The molecule has 5 rings (SSSR count). The average molecular weight is 663 g/mol. The molecule has 3 amide bonds. The molecule has 4 atom stereocenters. The van der Waals surface area contributed by atoms with Gasteiger partial charge in [-0.1, -0.05) is 25.7 Å². The minimum atomic E-state index is -0.701. The third kappa shape index (κ3) is 11.2. The standard InChI is InChI=1S/C18H32N2O4.C18H30N2O3/c1-18(2,3)24-17(23)20-10-8-14(9-11-20)19-15-7-5-4-6-13(15)12-16(21)22;1-18(2,3)23-17(22)19-10-8-14(9-11-19)20-15-7-5-4-6-13(15)12-16(20)21/h13-15,19H,4-12H2,1-3H3,(H,21,22);13-15H,4-12H2,1-3H3/t2*13-,15+/m11/s1. The summed E-state index contributed by atoms with van der Waals surface area (Å²) in [6.45, 7) is 14.1. The van der Waals surface area contributed by atoms with Gasteiger partial charge in [0.2, 0.25) is 5.91 Å². The molecule has 268 valence electrons. The molecule has 11 heteroatoms. The number of likely N-dealkylation sites (tertiary alicyclic amines) is 3. The molecule has 5 aliphatic rings. The summed E-state index contributed by atoms with van der Waals surface area (Å²) >= 11 is 0. The second kappa shape index (κ2) is 16.2. The highest BCUT2D eigenvalue weighted by Crippen LogP contribution is 2.39. The molecule has 3 aliphatic heterocycles. The normalized spacial score (nSPS) is 27.9. The molecule has 0 aromatic heterocycles. The van der Waals surface area contributed by atoms with Gasteiger partial charge in [-0.05, 0) is 105 Å². The highest BCUT2D eigenvalue weighted by molar-refractivity contribution is 5.80. The fraction of sp³-hybridized carbons (Fsp3) is 0.889. The summed E-state index contributed by atoms with van der Waals surface area (Å²) in [5.41, 5.74) is -0.910. The summed E-state index contributed by atoms with van der Waals surface area (Å²) in [6.07, 6.45) is 13.4. The lowest BCUT2D eigenvalue weighted by atomic mass is 9.81. The maximum Gasteiger partial charge on any atom is 0.410 e. The van der Waals surface area contributed by atoms with Crippen LogP contribution in [0, 0.1) is 11.8 Å². The van der Waals surface area contributed by atoms with Crippen molar-refractivity contribution in [3.63, 3.8) is 0 Å². The Morgan fingerprint density at radius 3 is 1.81 bits per heavy atom. The Hall–Kier alpha value is -2.56. The van der Waals surface area contributed by atoms with E-state index < -0.39 is 17.2 Å². The summed E-state index contributed by atoms with van der Waals surface area (Å²) in [5, 5.41) is 12.8. The van der Waals surface area contributed by atoms with Crippen molar-refractivity contribution in [1.82, 2.24) is 20.0 Å². The van der Waals surface area contributed by atoms with Crippen molar-refractivity contribution in [3.8, 4) is 0 Å². The SMILES string of the molecule is CC(C)(C)OC(=O)N1CCC(N2C(=O)C[C@H]3CCCC[C@@H]32)CC1.CC(C)(C)OC(=O)N1CCC(N[C@H]2CCCC[C@@H]2CC(=O)O)CC1. The van der Waals surface area contributed by atoms with E-state index in [9.17, 15) is 19.2 Å². The first-order valence-corrected chi connectivity index (χ1v) is 18.3. The van der Waals surface area contributed by atoms with E-state index in [-0.39, 0.29) is 24.5 Å². The van der Waals surface area contributed by atoms with Crippen molar-refractivity contribution in [3.05, 3.63) is 0 Å². The molecule has 0 unspecified atom stereocenters. The topological polar surface area (TPSA) is 129 Å². The van der Waals surface area contributed by atoms with Crippen molar-refractivity contribution < 1.29 is 33.8 Å². The number of hydrogen-bond donors (Lipinski definition) is 2. The Morgan fingerprint density at radius 1 is 0.745 bits per heavy atom. The summed E-state index contributed by atoms with van der Waals surface area (Å²) in [7, 11) is 0. The van der Waals surface area contributed by atoms with Crippen molar-refractivity contribution in [2.45, 2.75) is 167 Å². The smallest absolute Gasteiger partial charge is 0.410 e. The zero-order valence-electron chi connectivity index (χ0n) is 29.9. The Kier molecular flexibility index (Phi) is 12.9. The first kappa shape index (κ1) is 37.3. The van der Waals surface area contributed by atoms with Crippen LogP contribution in [-0.2, 0) is 19.1 Å². The second-order valence-corrected chi connectivity index (χ2v) is 16.5. The number of nitrogens with one attached hydrogen (secondary N) is 1. The van der Waals surface area contributed by atoms with Crippen LogP contribution in [-0.4, -0.2) is 105 Å². The first-order chi connectivity index (χ1) is 22.1. The summed E-state index contributed by atoms with van der Waals surface area (Å²) in [5.74, 6) is 0.464. The molecule has 2 N–H and O–H groups in total. The van der Waals surface area contributed by atoms with Crippen LogP contribution >= 0.6 is 0 Å². The maximum absolute atomic E-state index is 12.5. The molecule has 2 aliphatic carbocycles. The third-order valence-corrected chi connectivity index (χ3v) is 10.4. The van der Waals surface area contributed by atoms with Gasteiger partial charge in [0.05, 0.1) is 0 Å². The van der Waals surface area contributed by atoms with E-state index in [0.717, 1.165) is 51.4 Å². The van der Waals surface area contributed by atoms with Crippen molar-refractivity contribution in [1.29, 1.82) is 0 Å². The Balaban J connectivity index is 0.000000213. The van der Waals surface area contributed by atoms with Gasteiger partial charge >= 0.3 is 18.2 Å². The maximum atomic E-state index is 12.5. The summed E-state index contributed by atoms with van der Waals surface area (Å²) in [6, 6.07) is 1.44. The molecule has 47 heavy (non-hydrogen) atoms. The quantitative estimate of drug-likeness (QED) is 0.357. The number of piperidine rings is 2. The second-order valence-electron chi connectivity index (χ2n) is 16.5. The Morgan fingerprint density at radius 2 is 1.26 bits per heavy atom. The molecule has 0 bridgehead atoms. The lowest BCUT2D eigenvalue weighted by molar-refractivity contribution is -0.138. The van der Waals surface area contributed by atoms with E-state index in [1.54, 1.807) is 9.80 Å². The van der Waals surface area contributed by atoms with Crippen LogP contribution in [0.25, 0.3) is 0 Å². The fourth-order valence-corrected chi connectivity index (χ4v) is 8.19. The number of ether oxygens (including phenoxy) is 2. The van der Waals surface area contributed by atoms with Crippen LogP contribution in [0.1, 0.15) is 131 Å². The van der Waals surface area contributed by atoms with Crippen LogP contribution < -0.4 is 5.32 Å². The molecule has 0 radical (unpaired) electrons. The Bertz CT molecular complexity index is 1070. The minimum absolute atomic E-state index is 0.223. The molecule has 0 spiro atoms. The lowest BCUT2D eigenvalue weighted by Gasteiger charge is -2.41. The number of nitrogens with zero attached hydrogens (tertiary/aromatic N) is 3.